The van der Waals surface area contributed by atoms with E-state index in [2.05, 4.69) is 38.6 Å². The minimum Gasteiger partial charge on any atom is -0.382 e. The standard InChI is InChI=1S/C19H24N4OS/c1-13(24)6-19-22-10-16(25-19)12-23-5-3-14(11-23)7-15-8-18-17(21-9-15)2-4-20-18/h2,4,8-10,14,17-18,20H,3,5-7,11-12H2,1H3. The molecule has 5 nitrogen and oxygen atoms in total. The summed E-state index contributed by atoms with van der Waals surface area (Å²) >= 11 is 1.67. The number of hydrogen-bond acceptors (Lipinski definition) is 6. The number of Topliss-reactive ketones (excluding diaryl/α,β-unsaturated/α-hetero) is 1. The summed E-state index contributed by atoms with van der Waals surface area (Å²) in [5.74, 6) is 0.881. The van der Waals surface area contributed by atoms with E-state index < -0.39 is 0 Å². The Morgan fingerprint density at radius 3 is 3.28 bits per heavy atom. The van der Waals surface area contributed by atoms with Crippen molar-refractivity contribution in [2.75, 3.05) is 13.1 Å². The molecule has 1 saturated heterocycles. The van der Waals surface area contributed by atoms with Crippen LogP contribution < -0.4 is 5.32 Å². The maximum absolute atomic E-state index is 11.2. The van der Waals surface area contributed by atoms with Gasteiger partial charge in [0.05, 0.1) is 18.5 Å². The Balaban J connectivity index is 1.28. The van der Waals surface area contributed by atoms with E-state index in [1.807, 2.05) is 12.4 Å². The fourth-order valence-electron chi connectivity index (χ4n) is 3.84. The van der Waals surface area contributed by atoms with Gasteiger partial charge in [0.1, 0.15) is 10.8 Å². The molecule has 0 radical (unpaired) electrons. The van der Waals surface area contributed by atoms with Gasteiger partial charge in [-0.1, -0.05) is 6.08 Å². The van der Waals surface area contributed by atoms with E-state index >= 15 is 0 Å². The molecule has 4 rings (SSSR count). The number of nitrogens with zero attached hydrogens (tertiary/aromatic N) is 3. The second-order valence-corrected chi connectivity index (χ2v) is 8.45. The summed E-state index contributed by atoms with van der Waals surface area (Å²) < 4.78 is 0. The van der Waals surface area contributed by atoms with Gasteiger partial charge in [-0.05, 0) is 50.1 Å². The normalized spacial score (nSPS) is 28.0. The van der Waals surface area contributed by atoms with Crippen LogP contribution in [-0.4, -0.2) is 47.1 Å². The number of dihydropyridines is 1. The summed E-state index contributed by atoms with van der Waals surface area (Å²) in [6.45, 7) is 4.84. The highest BCUT2D eigenvalue weighted by Gasteiger charge is 2.27. The number of rotatable bonds is 6. The average Bonchev–Trinajstić information content (AvgIpc) is 3.29. The van der Waals surface area contributed by atoms with Crippen LogP contribution >= 0.6 is 11.3 Å². The van der Waals surface area contributed by atoms with Gasteiger partial charge >= 0.3 is 0 Å². The molecule has 0 amide bonds. The van der Waals surface area contributed by atoms with E-state index in [0.717, 1.165) is 31.1 Å². The largest absolute Gasteiger partial charge is 0.382 e. The van der Waals surface area contributed by atoms with Crippen LogP contribution in [0.2, 0.25) is 0 Å². The molecule has 0 saturated carbocycles. The van der Waals surface area contributed by atoms with Crippen molar-refractivity contribution < 1.29 is 4.79 Å². The number of hydrogen-bond donors (Lipinski definition) is 1. The Hall–Kier alpha value is -1.79. The first-order chi connectivity index (χ1) is 12.2. The maximum atomic E-state index is 11.2. The second-order valence-electron chi connectivity index (χ2n) is 7.25. The van der Waals surface area contributed by atoms with E-state index in [0.29, 0.717) is 24.4 Å². The first-order valence-electron chi connectivity index (χ1n) is 8.97. The van der Waals surface area contributed by atoms with E-state index in [1.165, 1.54) is 16.9 Å². The van der Waals surface area contributed by atoms with Crippen molar-refractivity contribution in [1.82, 2.24) is 15.2 Å². The highest BCUT2D eigenvalue weighted by atomic mass is 32.1. The molecule has 0 aliphatic carbocycles. The molecule has 6 heteroatoms. The Morgan fingerprint density at radius 2 is 2.40 bits per heavy atom. The van der Waals surface area contributed by atoms with Gasteiger partial charge in [0.2, 0.25) is 0 Å². The Kier molecular flexibility index (Phi) is 4.81. The van der Waals surface area contributed by atoms with Gasteiger partial charge < -0.3 is 5.32 Å². The first-order valence-corrected chi connectivity index (χ1v) is 9.79. The van der Waals surface area contributed by atoms with Crippen molar-refractivity contribution in [3.8, 4) is 0 Å². The molecular weight excluding hydrogens is 332 g/mol. The molecule has 4 heterocycles. The molecule has 0 bridgehead atoms. The van der Waals surface area contributed by atoms with Gasteiger partial charge in [0.15, 0.2) is 0 Å². The summed E-state index contributed by atoms with van der Waals surface area (Å²) in [4.78, 5) is 24.0. The molecular formula is C19H24N4OS. The summed E-state index contributed by atoms with van der Waals surface area (Å²) in [6, 6.07) is 0.647. The number of aliphatic imine (C=N–C) groups is 1. The first kappa shape index (κ1) is 16.7. The highest BCUT2D eigenvalue weighted by molar-refractivity contribution is 7.11. The van der Waals surface area contributed by atoms with Crippen molar-refractivity contribution in [1.29, 1.82) is 0 Å². The van der Waals surface area contributed by atoms with Crippen molar-refractivity contribution in [2.24, 2.45) is 10.9 Å². The van der Waals surface area contributed by atoms with Gasteiger partial charge in [-0.15, -0.1) is 11.3 Å². The van der Waals surface area contributed by atoms with Crippen LogP contribution in [0.15, 0.2) is 35.1 Å². The number of likely N-dealkylation sites (tertiary alicyclic amines) is 1. The Morgan fingerprint density at radius 1 is 1.48 bits per heavy atom. The maximum Gasteiger partial charge on any atom is 0.136 e. The lowest BCUT2D eigenvalue weighted by molar-refractivity contribution is -0.116. The van der Waals surface area contributed by atoms with Gasteiger partial charge in [-0.3, -0.25) is 14.7 Å². The lowest BCUT2D eigenvalue weighted by Crippen LogP contribution is -2.30. The second kappa shape index (κ2) is 7.22. The lowest BCUT2D eigenvalue weighted by Gasteiger charge is -2.20. The minimum absolute atomic E-state index is 0.179. The van der Waals surface area contributed by atoms with Crippen LogP contribution in [0, 0.1) is 5.92 Å². The van der Waals surface area contributed by atoms with Crippen molar-refractivity contribution in [2.45, 2.75) is 44.8 Å². The van der Waals surface area contributed by atoms with Gasteiger partial charge in [0, 0.05) is 30.4 Å². The molecule has 1 aromatic rings. The third kappa shape index (κ3) is 4.07. The number of allylic oxidation sites excluding steroid dienone is 1. The molecule has 3 aliphatic rings. The van der Waals surface area contributed by atoms with Crippen LogP contribution in [0.1, 0.15) is 29.7 Å². The predicted molar refractivity (Wildman–Crippen MR) is 101 cm³/mol. The molecule has 0 aromatic carbocycles. The lowest BCUT2D eigenvalue weighted by atomic mass is 9.95. The number of carbonyl (C=O) groups excluding carboxylic acids is 1. The summed E-state index contributed by atoms with van der Waals surface area (Å²) in [7, 11) is 0. The van der Waals surface area contributed by atoms with E-state index in [4.69, 9.17) is 0 Å². The zero-order valence-corrected chi connectivity index (χ0v) is 15.3. The quantitative estimate of drug-likeness (QED) is 0.850. The number of thiazole rings is 1. The fraction of sp³-hybridized carbons (Fsp3) is 0.526. The third-order valence-electron chi connectivity index (χ3n) is 5.03. The van der Waals surface area contributed by atoms with Gasteiger partial charge in [-0.2, -0.15) is 0 Å². The topological polar surface area (TPSA) is 57.6 Å². The molecule has 1 fully saturated rings. The van der Waals surface area contributed by atoms with Crippen LogP contribution in [0.4, 0.5) is 0 Å². The van der Waals surface area contributed by atoms with Crippen LogP contribution in [0.25, 0.3) is 0 Å². The SMILES string of the molecule is CC(=O)Cc1ncc(CN2CCC(CC3=CC4NC=CC4N=C3)C2)s1. The number of fused-ring (bicyclic) bond motifs is 1. The minimum atomic E-state index is 0.179. The van der Waals surface area contributed by atoms with Crippen molar-refractivity contribution in [3.05, 3.63) is 40.0 Å². The van der Waals surface area contributed by atoms with E-state index in [1.54, 1.807) is 18.3 Å². The monoisotopic (exact) mass is 356 g/mol. The molecule has 3 aliphatic heterocycles. The van der Waals surface area contributed by atoms with E-state index in [9.17, 15) is 4.79 Å². The smallest absolute Gasteiger partial charge is 0.136 e. The average molecular weight is 356 g/mol. The number of nitrogens with one attached hydrogen (secondary N) is 1. The Labute approximate surface area is 152 Å². The molecule has 25 heavy (non-hydrogen) atoms. The molecule has 132 valence electrons. The number of carbonyl (C=O) groups is 1. The van der Waals surface area contributed by atoms with Crippen LogP contribution in [-0.2, 0) is 17.8 Å². The van der Waals surface area contributed by atoms with Crippen molar-refractivity contribution >= 4 is 23.3 Å². The van der Waals surface area contributed by atoms with Gasteiger partial charge in [0.25, 0.3) is 0 Å². The molecule has 3 unspecified atom stereocenters. The number of aromatic nitrogens is 1. The molecule has 1 aromatic heterocycles. The zero-order chi connectivity index (χ0) is 17.2. The highest BCUT2D eigenvalue weighted by Crippen LogP contribution is 2.27. The molecule has 1 N–H and O–H groups in total. The summed E-state index contributed by atoms with van der Waals surface area (Å²) in [5, 5.41) is 4.30. The summed E-state index contributed by atoms with van der Waals surface area (Å²) in [5.41, 5.74) is 1.37. The van der Waals surface area contributed by atoms with Crippen molar-refractivity contribution in [3.63, 3.8) is 0 Å². The van der Waals surface area contributed by atoms with E-state index in [-0.39, 0.29) is 5.78 Å². The zero-order valence-electron chi connectivity index (χ0n) is 14.5. The third-order valence-corrected chi connectivity index (χ3v) is 6.01. The van der Waals surface area contributed by atoms with Crippen LogP contribution in [0.5, 0.6) is 0 Å². The van der Waals surface area contributed by atoms with Crippen LogP contribution in [0.3, 0.4) is 0 Å². The summed E-state index contributed by atoms with van der Waals surface area (Å²) in [6.07, 6.45) is 13.3. The molecule has 0 spiro atoms. The van der Waals surface area contributed by atoms with Gasteiger partial charge in [-0.25, -0.2) is 4.98 Å². The fourth-order valence-corrected chi connectivity index (χ4v) is 4.88. The molecule has 3 atom stereocenters. The number of ketones is 1. The predicted octanol–water partition coefficient (Wildman–Crippen LogP) is 2.35. The Bertz CT molecular complexity index is 736.